The Morgan fingerprint density at radius 2 is 1.81 bits per heavy atom. The van der Waals surface area contributed by atoms with Crippen molar-refractivity contribution in [2.24, 2.45) is 0 Å². The molecule has 0 fully saturated rings. The molecule has 0 saturated carbocycles. The predicted octanol–water partition coefficient (Wildman–Crippen LogP) is 3.85. The minimum Gasteiger partial charge on any atom is -0.486 e. The van der Waals surface area contributed by atoms with Gasteiger partial charge in [-0.05, 0) is 43.1 Å². The molecule has 3 nitrogen and oxygen atoms in total. The third-order valence-electron chi connectivity index (χ3n) is 3.79. The molecule has 0 saturated heterocycles. The molecule has 3 heteroatoms. The van der Waals surface area contributed by atoms with Crippen LogP contribution in [0.3, 0.4) is 0 Å². The first-order valence-corrected chi connectivity index (χ1v) is 8.00. The number of hydrogen-bond donors (Lipinski definition) is 0. The van der Waals surface area contributed by atoms with Gasteiger partial charge in [-0.25, -0.2) is 0 Å². The first-order chi connectivity index (χ1) is 10.0. The highest BCUT2D eigenvalue weighted by Gasteiger charge is 2.17. The Morgan fingerprint density at radius 3 is 2.33 bits per heavy atom. The molecule has 0 spiro atoms. The Bertz CT molecular complexity index is 414. The first-order valence-electron chi connectivity index (χ1n) is 8.00. The molecule has 1 aromatic rings. The van der Waals surface area contributed by atoms with E-state index < -0.39 is 0 Å². The van der Waals surface area contributed by atoms with Gasteiger partial charge in [0.2, 0.25) is 0 Å². The van der Waals surface area contributed by atoms with Gasteiger partial charge in [0.25, 0.3) is 0 Å². The maximum absolute atomic E-state index is 6.30. The summed E-state index contributed by atoms with van der Waals surface area (Å²) in [6.45, 7) is 14.4. The minimum atomic E-state index is 0.0641. The molecule has 0 aliphatic rings. The molecule has 0 N–H and O–H groups in total. The fourth-order valence-electron chi connectivity index (χ4n) is 2.48. The SMILES string of the molecule is CCN(CC)CC(COC)Oc1cc(C)ccc1C(C)C. The normalized spacial score (nSPS) is 13.0. The quantitative estimate of drug-likeness (QED) is 0.690. The van der Waals surface area contributed by atoms with Crippen LogP contribution in [0.4, 0.5) is 0 Å². The summed E-state index contributed by atoms with van der Waals surface area (Å²) in [4.78, 5) is 2.37. The van der Waals surface area contributed by atoms with Crippen LogP contribution in [0.25, 0.3) is 0 Å². The number of benzene rings is 1. The van der Waals surface area contributed by atoms with Crippen LogP contribution in [0, 0.1) is 6.92 Å². The average molecular weight is 293 g/mol. The molecule has 1 unspecified atom stereocenters. The Labute approximate surface area is 130 Å². The van der Waals surface area contributed by atoms with Crippen LogP contribution >= 0.6 is 0 Å². The monoisotopic (exact) mass is 293 g/mol. The van der Waals surface area contributed by atoms with Crippen molar-refractivity contribution >= 4 is 0 Å². The highest BCUT2D eigenvalue weighted by Crippen LogP contribution is 2.28. The topological polar surface area (TPSA) is 21.7 Å². The van der Waals surface area contributed by atoms with Gasteiger partial charge in [-0.3, -0.25) is 0 Å². The minimum absolute atomic E-state index is 0.0641. The molecule has 1 atom stereocenters. The van der Waals surface area contributed by atoms with Gasteiger partial charge in [0, 0.05) is 13.7 Å². The lowest BCUT2D eigenvalue weighted by Gasteiger charge is -2.27. The predicted molar refractivity (Wildman–Crippen MR) is 89.3 cm³/mol. The summed E-state index contributed by atoms with van der Waals surface area (Å²) in [7, 11) is 1.73. The van der Waals surface area contributed by atoms with E-state index in [2.05, 4.69) is 57.7 Å². The molecule has 0 heterocycles. The fourth-order valence-corrected chi connectivity index (χ4v) is 2.48. The zero-order valence-electron chi connectivity index (χ0n) is 14.5. The lowest BCUT2D eigenvalue weighted by atomic mass is 10.0. The Balaban J connectivity index is 2.89. The van der Waals surface area contributed by atoms with Crippen LogP contribution in [-0.4, -0.2) is 44.4 Å². The number of hydrogen-bond acceptors (Lipinski definition) is 3. The van der Waals surface area contributed by atoms with E-state index in [9.17, 15) is 0 Å². The van der Waals surface area contributed by atoms with Crippen molar-refractivity contribution in [1.29, 1.82) is 0 Å². The first kappa shape index (κ1) is 18.0. The fraction of sp³-hybridized carbons (Fsp3) is 0.667. The summed E-state index contributed by atoms with van der Waals surface area (Å²) in [5, 5.41) is 0. The second-order valence-corrected chi connectivity index (χ2v) is 5.88. The van der Waals surface area contributed by atoms with Crippen molar-refractivity contribution in [2.75, 3.05) is 33.4 Å². The van der Waals surface area contributed by atoms with Crippen LogP contribution < -0.4 is 4.74 Å². The Kier molecular flexibility index (Phi) is 7.76. The smallest absolute Gasteiger partial charge is 0.135 e. The third-order valence-corrected chi connectivity index (χ3v) is 3.79. The highest BCUT2D eigenvalue weighted by atomic mass is 16.5. The van der Waals surface area contributed by atoms with Gasteiger partial charge in [-0.2, -0.15) is 0 Å². The zero-order chi connectivity index (χ0) is 15.8. The van der Waals surface area contributed by atoms with Gasteiger partial charge < -0.3 is 14.4 Å². The van der Waals surface area contributed by atoms with E-state index in [0.717, 1.165) is 25.4 Å². The second kappa shape index (κ2) is 9.06. The largest absolute Gasteiger partial charge is 0.486 e. The Morgan fingerprint density at radius 1 is 1.14 bits per heavy atom. The van der Waals surface area contributed by atoms with E-state index in [1.807, 2.05) is 0 Å². The molecule has 0 amide bonds. The lowest BCUT2D eigenvalue weighted by Crippen LogP contribution is -2.38. The summed E-state index contributed by atoms with van der Waals surface area (Å²) in [6.07, 6.45) is 0.0641. The lowest BCUT2D eigenvalue weighted by molar-refractivity contribution is 0.0550. The standard InChI is InChI=1S/C18H31NO2/c1-7-19(8-2)12-16(13-20-6)21-18-11-15(5)9-10-17(18)14(3)4/h9-11,14,16H,7-8,12-13H2,1-6H3. The van der Waals surface area contributed by atoms with Gasteiger partial charge in [0.05, 0.1) is 6.61 Å². The molecule has 1 rings (SSSR count). The summed E-state index contributed by atoms with van der Waals surface area (Å²) >= 11 is 0. The van der Waals surface area contributed by atoms with Gasteiger partial charge in [-0.15, -0.1) is 0 Å². The summed E-state index contributed by atoms with van der Waals surface area (Å²) in [6, 6.07) is 6.47. The Hall–Kier alpha value is -1.06. The maximum Gasteiger partial charge on any atom is 0.135 e. The molecule has 0 radical (unpaired) electrons. The van der Waals surface area contributed by atoms with Crippen molar-refractivity contribution in [3.05, 3.63) is 29.3 Å². The summed E-state index contributed by atoms with van der Waals surface area (Å²) in [5.74, 6) is 1.46. The number of ether oxygens (including phenoxy) is 2. The van der Waals surface area contributed by atoms with Gasteiger partial charge in [0.1, 0.15) is 11.9 Å². The maximum atomic E-state index is 6.30. The summed E-state index contributed by atoms with van der Waals surface area (Å²) in [5.41, 5.74) is 2.50. The van der Waals surface area contributed by atoms with E-state index in [4.69, 9.17) is 9.47 Å². The summed E-state index contributed by atoms with van der Waals surface area (Å²) < 4.78 is 11.6. The van der Waals surface area contributed by atoms with E-state index in [0.29, 0.717) is 12.5 Å². The number of nitrogens with zero attached hydrogens (tertiary/aromatic N) is 1. The molecule has 0 aromatic heterocycles. The number of aryl methyl sites for hydroxylation is 1. The number of likely N-dealkylation sites (N-methyl/N-ethyl adjacent to an activating group) is 1. The van der Waals surface area contributed by atoms with Gasteiger partial charge in [-0.1, -0.05) is 39.8 Å². The van der Waals surface area contributed by atoms with Crippen molar-refractivity contribution in [3.8, 4) is 5.75 Å². The van der Waals surface area contributed by atoms with Gasteiger partial charge >= 0.3 is 0 Å². The van der Waals surface area contributed by atoms with Crippen LogP contribution in [-0.2, 0) is 4.74 Å². The average Bonchev–Trinajstić information content (AvgIpc) is 2.44. The van der Waals surface area contributed by atoms with Crippen molar-refractivity contribution < 1.29 is 9.47 Å². The van der Waals surface area contributed by atoms with Gasteiger partial charge in [0.15, 0.2) is 0 Å². The number of methoxy groups -OCH3 is 1. The van der Waals surface area contributed by atoms with Crippen LogP contribution in [0.15, 0.2) is 18.2 Å². The van der Waals surface area contributed by atoms with E-state index in [-0.39, 0.29) is 6.10 Å². The molecule has 21 heavy (non-hydrogen) atoms. The van der Waals surface area contributed by atoms with Crippen LogP contribution in [0.2, 0.25) is 0 Å². The van der Waals surface area contributed by atoms with E-state index in [1.165, 1.54) is 11.1 Å². The second-order valence-electron chi connectivity index (χ2n) is 5.88. The van der Waals surface area contributed by atoms with Crippen LogP contribution in [0.5, 0.6) is 5.75 Å². The van der Waals surface area contributed by atoms with Crippen molar-refractivity contribution in [3.63, 3.8) is 0 Å². The molecule has 120 valence electrons. The van der Waals surface area contributed by atoms with Crippen molar-refractivity contribution in [1.82, 2.24) is 4.90 Å². The van der Waals surface area contributed by atoms with E-state index >= 15 is 0 Å². The molecule has 0 aliphatic heterocycles. The highest BCUT2D eigenvalue weighted by molar-refractivity contribution is 5.39. The van der Waals surface area contributed by atoms with Crippen LogP contribution in [0.1, 0.15) is 44.7 Å². The third kappa shape index (κ3) is 5.68. The molecule has 1 aromatic carbocycles. The molecule has 0 aliphatic carbocycles. The molecule has 0 bridgehead atoms. The van der Waals surface area contributed by atoms with E-state index in [1.54, 1.807) is 7.11 Å². The molecular formula is C18H31NO2. The molecular weight excluding hydrogens is 262 g/mol. The number of rotatable bonds is 9. The van der Waals surface area contributed by atoms with Crippen molar-refractivity contribution in [2.45, 2.75) is 46.6 Å². The zero-order valence-corrected chi connectivity index (χ0v) is 14.5.